The van der Waals surface area contributed by atoms with E-state index in [0.29, 0.717) is 6.42 Å². The van der Waals surface area contributed by atoms with Crippen molar-refractivity contribution in [1.82, 2.24) is 4.90 Å². The molecule has 1 N–H and O–H groups in total. The van der Waals surface area contributed by atoms with Crippen molar-refractivity contribution in [3.8, 4) is 0 Å². The molecule has 0 bridgehead atoms. The van der Waals surface area contributed by atoms with Crippen molar-refractivity contribution in [2.75, 3.05) is 21.2 Å². The molecule has 1 aliphatic heterocycles. The van der Waals surface area contributed by atoms with Crippen molar-refractivity contribution < 1.29 is 14.6 Å². The first kappa shape index (κ1) is 10.9. The average molecular weight is 189 g/mol. The molecule has 0 unspecified atom stereocenters. The lowest BCUT2D eigenvalue weighted by Gasteiger charge is -2.41. The van der Waals surface area contributed by atoms with Crippen LogP contribution in [0, 0.1) is 0 Å². The normalized spacial score (nSPS) is 41.1. The topological polar surface area (TPSA) is 41.9 Å². The van der Waals surface area contributed by atoms with Crippen molar-refractivity contribution in [2.45, 2.75) is 37.9 Å². The van der Waals surface area contributed by atoms with E-state index in [-0.39, 0.29) is 24.5 Å². The number of ether oxygens (including phenoxy) is 2. The second-order valence-electron chi connectivity index (χ2n) is 3.81. The molecule has 4 atom stereocenters. The third-order valence-corrected chi connectivity index (χ3v) is 2.44. The van der Waals surface area contributed by atoms with E-state index >= 15 is 0 Å². The molecular weight excluding hydrogens is 170 g/mol. The minimum absolute atomic E-state index is 0.0659. The molecule has 4 heteroatoms. The van der Waals surface area contributed by atoms with Crippen LogP contribution in [-0.4, -0.2) is 55.8 Å². The van der Waals surface area contributed by atoms with Gasteiger partial charge in [0.15, 0.2) is 6.29 Å². The smallest absolute Gasteiger partial charge is 0.175 e. The fraction of sp³-hybridized carbons (Fsp3) is 1.00. The summed E-state index contributed by atoms with van der Waals surface area (Å²) < 4.78 is 10.7. The van der Waals surface area contributed by atoms with Crippen LogP contribution in [0.3, 0.4) is 0 Å². The Balaban J connectivity index is 2.66. The second kappa shape index (κ2) is 4.37. The van der Waals surface area contributed by atoms with Gasteiger partial charge >= 0.3 is 0 Å². The summed E-state index contributed by atoms with van der Waals surface area (Å²) in [5, 5.41) is 9.81. The van der Waals surface area contributed by atoms with Gasteiger partial charge in [0.1, 0.15) is 0 Å². The number of aliphatic hydroxyl groups excluding tert-OH is 1. The van der Waals surface area contributed by atoms with E-state index in [1.165, 1.54) is 0 Å². The van der Waals surface area contributed by atoms with Gasteiger partial charge < -0.3 is 14.6 Å². The number of hydrogen-bond acceptors (Lipinski definition) is 4. The van der Waals surface area contributed by atoms with Gasteiger partial charge in [-0.15, -0.1) is 0 Å². The van der Waals surface area contributed by atoms with E-state index in [9.17, 15) is 5.11 Å². The summed E-state index contributed by atoms with van der Waals surface area (Å²) in [7, 11) is 5.43. The Morgan fingerprint density at radius 1 is 1.46 bits per heavy atom. The highest BCUT2D eigenvalue weighted by molar-refractivity contribution is 4.85. The number of aliphatic hydroxyl groups is 1. The minimum Gasteiger partial charge on any atom is -0.391 e. The maximum atomic E-state index is 9.81. The van der Waals surface area contributed by atoms with Gasteiger partial charge in [-0.1, -0.05) is 0 Å². The first-order chi connectivity index (χ1) is 6.06. The molecule has 78 valence electrons. The summed E-state index contributed by atoms with van der Waals surface area (Å²) in [6.45, 7) is 1.95. The Bertz CT molecular complexity index is 163. The zero-order chi connectivity index (χ0) is 10.0. The van der Waals surface area contributed by atoms with E-state index in [1.807, 2.05) is 25.9 Å². The van der Waals surface area contributed by atoms with Gasteiger partial charge in [-0.2, -0.15) is 0 Å². The van der Waals surface area contributed by atoms with E-state index in [2.05, 4.69) is 0 Å². The summed E-state index contributed by atoms with van der Waals surface area (Å²) in [5.41, 5.74) is 0. The van der Waals surface area contributed by atoms with E-state index in [4.69, 9.17) is 9.47 Å². The number of hydrogen-bond donors (Lipinski definition) is 1. The summed E-state index contributed by atoms with van der Waals surface area (Å²) in [5.74, 6) is 0. The molecule has 0 aromatic heterocycles. The molecule has 1 aliphatic rings. The van der Waals surface area contributed by atoms with Crippen LogP contribution in [0.15, 0.2) is 0 Å². The summed E-state index contributed by atoms with van der Waals surface area (Å²) in [6, 6.07) is -0.0683. The van der Waals surface area contributed by atoms with Crippen molar-refractivity contribution in [3.05, 3.63) is 0 Å². The predicted octanol–water partition coefficient (Wildman–Crippen LogP) is 0.0588. The Labute approximate surface area is 79.4 Å². The molecule has 0 amide bonds. The molecule has 13 heavy (non-hydrogen) atoms. The molecule has 0 saturated carbocycles. The van der Waals surface area contributed by atoms with E-state index in [1.54, 1.807) is 7.11 Å². The Kier molecular flexibility index (Phi) is 3.67. The largest absolute Gasteiger partial charge is 0.391 e. The first-order valence-corrected chi connectivity index (χ1v) is 4.59. The molecular formula is C9H19NO3. The summed E-state index contributed by atoms with van der Waals surface area (Å²) in [6.07, 6.45) is 0.0384. The lowest BCUT2D eigenvalue weighted by molar-refractivity contribution is -0.232. The molecule has 0 radical (unpaired) electrons. The maximum Gasteiger partial charge on any atom is 0.175 e. The van der Waals surface area contributed by atoms with Crippen LogP contribution in [-0.2, 0) is 9.47 Å². The number of nitrogens with zero attached hydrogens (tertiary/aromatic N) is 1. The van der Waals surface area contributed by atoms with Crippen molar-refractivity contribution in [2.24, 2.45) is 0 Å². The van der Waals surface area contributed by atoms with Gasteiger partial charge in [-0.05, 0) is 21.0 Å². The molecule has 4 nitrogen and oxygen atoms in total. The highest BCUT2D eigenvalue weighted by Gasteiger charge is 2.37. The van der Waals surface area contributed by atoms with Gasteiger partial charge in [0, 0.05) is 13.5 Å². The zero-order valence-electron chi connectivity index (χ0n) is 8.73. The van der Waals surface area contributed by atoms with Crippen molar-refractivity contribution in [1.29, 1.82) is 0 Å². The van der Waals surface area contributed by atoms with Crippen LogP contribution in [0.2, 0.25) is 0 Å². The monoisotopic (exact) mass is 189 g/mol. The Hall–Kier alpha value is -0.160. The van der Waals surface area contributed by atoms with Crippen LogP contribution < -0.4 is 0 Å². The van der Waals surface area contributed by atoms with Crippen LogP contribution in [0.25, 0.3) is 0 Å². The molecule has 0 spiro atoms. The number of methoxy groups -OCH3 is 1. The Morgan fingerprint density at radius 3 is 2.54 bits per heavy atom. The SMILES string of the molecule is CO[C@H]1O[C@H](C)C[C@@H](O)[C@@H]1N(C)C. The highest BCUT2D eigenvalue weighted by Crippen LogP contribution is 2.23. The lowest BCUT2D eigenvalue weighted by atomic mass is 10.0. The molecule has 1 rings (SSSR count). The summed E-state index contributed by atoms with van der Waals surface area (Å²) >= 11 is 0. The van der Waals surface area contributed by atoms with Crippen LogP contribution in [0.5, 0.6) is 0 Å². The van der Waals surface area contributed by atoms with Crippen LogP contribution >= 0.6 is 0 Å². The minimum atomic E-state index is -0.372. The lowest BCUT2D eigenvalue weighted by Crippen LogP contribution is -2.55. The highest BCUT2D eigenvalue weighted by atomic mass is 16.7. The van der Waals surface area contributed by atoms with Gasteiger partial charge in [0.25, 0.3) is 0 Å². The van der Waals surface area contributed by atoms with Gasteiger partial charge in [-0.25, -0.2) is 0 Å². The van der Waals surface area contributed by atoms with Crippen LogP contribution in [0.1, 0.15) is 13.3 Å². The second-order valence-corrected chi connectivity index (χ2v) is 3.81. The Morgan fingerprint density at radius 2 is 2.08 bits per heavy atom. The maximum absolute atomic E-state index is 9.81. The fourth-order valence-electron chi connectivity index (χ4n) is 1.81. The number of rotatable bonds is 2. The summed E-state index contributed by atoms with van der Waals surface area (Å²) in [4.78, 5) is 1.94. The van der Waals surface area contributed by atoms with Crippen molar-refractivity contribution in [3.63, 3.8) is 0 Å². The van der Waals surface area contributed by atoms with Gasteiger partial charge in [0.2, 0.25) is 0 Å². The molecule has 0 aliphatic carbocycles. The average Bonchev–Trinajstić information content (AvgIpc) is 2.01. The molecule has 0 aromatic rings. The van der Waals surface area contributed by atoms with E-state index in [0.717, 1.165) is 0 Å². The zero-order valence-corrected chi connectivity index (χ0v) is 8.73. The molecule has 1 fully saturated rings. The van der Waals surface area contributed by atoms with Crippen molar-refractivity contribution >= 4 is 0 Å². The van der Waals surface area contributed by atoms with Crippen LogP contribution in [0.4, 0.5) is 0 Å². The molecule has 1 saturated heterocycles. The quantitative estimate of drug-likeness (QED) is 0.667. The molecule has 1 heterocycles. The fourth-order valence-corrected chi connectivity index (χ4v) is 1.81. The predicted molar refractivity (Wildman–Crippen MR) is 49.4 cm³/mol. The third-order valence-electron chi connectivity index (χ3n) is 2.44. The van der Waals surface area contributed by atoms with Gasteiger partial charge in [-0.3, -0.25) is 4.90 Å². The first-order valence-electron chi connectivity index (χ1n) is 4.59. The van der Waals surface area contributed by atoms with E-state index < -0.39 is 0 Å². The molecule has 0 aromatic carbocycles. The third kappa shape index (κ3) is 2.40. The van der Waals surface area contributed by atoms with Gasteiger partial charge in [0.05, 0.1) is 18.2 Å². The number of likely N-dealkylation sites (N-methyl/N-ethyl adjacent to an activating group) is 1. The standard InChI is InChI=1S/C9H19NO3/c1-6-5-7(11)8(10(2)3)9(12-4)13-6/h6-9,11H,5H2,1-4H3/t6-,7-,8+,9+/m1/s1.